The molecule has 0 spiro atoms. The summed E-state index contributed by atoms with van der Waals surface area (Å²) in [4.78, 5) is 2.96. The summed E-state index contributed by atoms with van der Waals surface area (Å²) in [5.74, 6) is 0.101. The van der Waals surface area contributed by atoms with Crippen LogP contribution in [0, 0.1) is 0 Å². The Morgan fingerprint density at radius 3 is 2.63 bits per heavy atom. The monoisotopic (exact) mass is 279 g/mol. The van der Waals surface area contributed by atoms with Gasteiger partial charge in [0.05, 0.1) is 9.80 Å². The molecule has 1 aromatic carbocycles. The molecule has 3 rings (SSSR count). The molecule has 1 aromatic rings. The van der Waals surface area contributed by atoms with Crippen molar-refractivity contribution in [2.75, 3.05) is 19.6 Å². The van der Waals surface area contributed by atoms with Crippen LogP contribution in [0.25, 0.3) is 6.08 Å². The van der Waals surface area contributed by atoms with Gasteiger partial charge in [-0.2, -0.15) is 0 Å². The summed E-state index contributed by atoms with van der Waals surface area (Å²) in [7, 11) is -3.35. The Hall–Kier alpha value is -1.33. The van der Waals surface area contributed by atoms with Crippen molar-refractivity contribution in [3.63, 3.8) is 0 Å². The summed E-state index contributed by atoms with van der Waals surface area (Å²) in [6.45, 7) is 2.42. The Bertz CT molecular complexity index is 628. The minimum absolute atomic E-state index is 0.101. The SMILES string of the molecule is O=S1(=O)C(CN2CCCCC2)=Cc2cc(O)ccc21. The third kappa shape index (κ3) is 2.28. The molecular formula is C14H17NO3S. The minimum atomic E-state index is -3.35. The first-order valence-electron chi connectivity index (χ1n) is 6.58. The zero-order chi connectivity index (χ0) is 13.5. The van der Waals surface area contributed by atoms with E-state index in [4.69, 9.17) is 0 Å². The van der Waals surface area contributed by atoms with Gasteiger partial charge < -0.3 is 5.11 Å². The molecule has 4 nitrogen and oxygen atoms in total. The summed E-state index contributed by atoms with van der Waals surface area (Å²) in [5.41, 5.74) is 0.604. The lowest BCUT2D eigenvalue weighted by atomic mass is 10.1. The molecule has 0 bridgehead atoms. The van der Waals surface area contributed by atoms with Crippen LogP contribution in [0.4, 0.5) is 0 Å². The van der Waals surface area contributed by atoms with Gasteiger partial charge >= 0.3 is 0 Å². The maximum Gasteiger partial charge on any atom is 0.204 e. The number of hydrogen-bond acceptors (Lipinski definition) is 4. The molecule has 0 saturated carbocycles. The summed E-state index contributed by atoms with van der Waals surface area (Å²) >= 11 is 0. The van der Waals surface area contributed by atoms with Crippen LogP contribution in [-0.4, -0.2) is 38.1 Å². The van der Waals surface area contributed by atoms with E-state index in [2.05, 4.69) is 4.90 Å². The number of rotatable bonds is 2. The van der Waals surface area contributed by atoms with E-state index in [1.807, 2.05) is 0 Å². The Morgan fingerprint density at radius 1 is 1.16 bits per heavy atom. The van der Waals surface area contributed by atoms with Gasteiger partial charge in [0, 0.05) is 6.54 Å². The highest BCUT2D eigenvalue weighted by molar-refractivity contribution is 7.95. The Kier molecular flexibility index (Phi) is 3.11. The van der Waals surface area contributed by atoms with Crippen LogP contribution in [-0.2, 0) is 9.84 Å². The summed E-state index contributed by atoms with van der Waals surface area (Å²) in [6.07, 6.45) is 5.21. The fraction of sp³-hybridized carbons (Fsp3) is 0.429. The topological polar surface area (TPSA) is 57.6 Å². The van der Waals surface area contributed by atoms with E-state index in [-0.39, 0.29) is 5.75 Å². The second-order valence-electron chi connectivity index (χ2n) is 5.17. The highest BCUT2D eigenvalue weighted by Gasteiger charge is 2.30. The molecule has 102 valence electrons. The lowest BCUT2D eigenvalue weighted by molar-refractivity contribution is 0.250. The highest BCUT2D eigenvalue weighted by Crippen LogP contribution is 2.35. The van der Waals surface area contributed by atoms with Crippen LogP contribution >= 0.6 is 0 Å². The van der Waals surface area contributed by atoms with E-state index < -0.39 is 9.84 Å². The van der Waals surface area contributed by atoms with E-state index in [0.717, 1.165) is 25.9 Å². The van der Waals surface area contributed by atoms with Gasteiger partial charge in [0.15, 0.2) is 0 Å². The standard InChI is InChI=1S/C14H17NO3S/c16-12-4-5-14-11(8-12)9-13(19(14,17)18)10-15-6-2-1-3-7-15/h4-5,8-9,16H,1-3,6-7,10H2. The second-order valence-corrected chi connectivity index (χ2v) is 7.14. The van der Waals surface area contributed by atoms with Gasteiger partial charge in [0.1, 0.15) is 5.75 Å². The molecule has 19 heavy (non-hydrogen) atoms. The van der Waals surface area contributed by atoms with Crippen LogP contribution in [0.3, 0.4) is 0 Å². The predicted molar refractivity (Wildman–Crippen MR) is 73.6 cm³/mol. The number of piperidine rings is 1. The maximum atomic E-state index is 12.4. The number of likely N-dealkylation sites (tertiary alicyclic amines) is 1. The zero-order valence-corrected chi connectivity index (χ0v) is 11.5. The third-order valence-electron chi connectivity index (χ3n) is 3.77. The van der Waals surface area contributed by atoms with E-state index in [0.29, 0.717) is 21.9 Å². The van der Waals surface area contributed by atoms with Crippen molar-refractivity contribution >= 4 is 15.9 Å². The number of fused-ring (bicyclic) bond motifs is 1. The minimum Gasteiger partial charge on any atom is -0.508 e. The molecule has 2 aliphatic heterocycles. The van der Waals surface area contributed by atoms with Crippen molar-refractivity contribution in [2.24, 2.45) is 0 Å². The quantitative estimate of drug-likeness (QED) is 0.899. The number of phenolic OH excluding ortho intramolecular Hbond substituents is 1. The largest absolute Gasteiger partial charge is 0.508 e. The Labute approximate surface area is 113 Å². The van der Waals surface area contributed by atoms with Gasteiger partial charge in [-0.25, -0.2) is 8.42 Å². The van der Waals surface area contributed by atoms with Gasteiger partial charge in [0.25, 0.3) is 0 Å². The average molecular weight is 279 g/mol. The zero-order valence-electron chi connectivity index (χ0n) is 10.7. The molecular weight excluding hydrogens is 262 g/mol. The first kappa shape index (κ1) is 12.7. The summed E-state index contributed by atoms with van der Waals surface area (Å²) < 4.78 is 24.8. The van der Waals surface area contributed by atoms with Crippen LogP contribution in [0.1, 0.15) is 24.8 Å². The molecule has 0 aromatic heterocycles. The number of sulfone groups is 1. The number of benzene rings is 1. The van der Waals surface area contributed by atoms with Gasteiger partial charge in [-0.1, -0.05) is 6.42 Å². The van der Waals surface area contributed by atoms with Crippen LogP contribution in [0.5, 0.6) is 5.75 Å². The van der Waals surface area contributed by atoms with Crippen molar-refractivity contribution < 1.29 is 13.5 Å². The molecule has 1 N–H and O–H groups in total. The fourth-order valence-corrected chi connectivity index (χ4v) is 4.35. The Morgan fingerprint density at radius 2 is 1.89 bits per heavy atom. The first-order chi connectivity index (χ1) is 9.07. The molecule has 0 atom stereocenters. The van der Waals surface area contributed by atoms with E-state index in [1.54, 1.807) is 6.08 Å². The predicted octanol–water partition coefficient (Wildman–Crippen LogP) is 2.01. The molecule has 1 saturated heterocycles. The number of aromatic hydroxyl groups is 1. The van der Waals surface area contributed by atoms with Crippen LogP contribution in [0.2, 0.25) is 0 Å². The van der Waals surface area contributed by atoms with Gasteiger partial charge in [0.2, 0.25) is 9.84 Å². The smallest absolute Gasteiger partial charge is 0.204 e. The fourth-order valence-electron chi connectivity index (χ4n) is 2.75. The van der Waals surface area contributed by atoms with Gasteiger partial charge in [-0.15, -0.1) is 0 Å². The highest BCUT2D eigenvalue weighted by atomic mass is 32.2. The van der Waals surface area contributed by atoms with E-state index in [1.165, 1.54) is 24.6 Å². The van der Waals surface area contributed by atoms with Crippen molar-refractivity contribution in [1.82, 2.24) is 4.90 Å². The lowest BCUT2D eigenvalue weighted by Gasteiger charge is -2.26. The lowest BCUT2D eigenvalue weighted by Crippen LogP contribution is -2.32. The van der Waals surface area contributed by atoms with Crippen molar-refractivity contribution in [3.05, 3.63) is 28.7 Å². The van der Waals surface area contributed by atoms with Crippen LogP contribution in [0.15, 0.2) is 28.0 Å². The number of nitrogens with zero attached hydrogens (tertiary/aromatic N) is 1. The van der Waals surface area contributed by atoms with Crippen molar-refractivity contribution in [2.45, 2.75) is 24.2 Å². The molecule has 2 aliphatic rings. The molecule has 1 fully saturated rings. The Balaban J connectivity index is 1.89. The number of phenols is 1. The summed E-state index contributed by atoms with van der Waals surface area (Å²) in [6, 6.07) is 4.42. The number of hydrogen-bond donors (Lipinski definition) is 1. The van der Waals surface area contributed by atoms with Crippen molar-refractivity contribution in [1.29, 1.82) is 0 Å². The molecule has 0 aliphatic carbocycles. The molecule has 0 unspecified atom stereocenters. The normalized spacial score (nSPS) is 22.0. The second kappa shape index (κ2) is 4.65. The molecule has 0 amide bonds. The van der Waals surface area contributed by atoms with Crippen molar-refractivity contribution in [3.8, 4) is 5.75 Å². The summed E-state index contributed by atoms with van der Waals surface area (Å²) in [5, 5.41) is 9.44. The molecule has 5 heteroatoms. The first-order valence-corrected chi connectivity index (χ1v) is 8.07. The van der Waals surface area contributed by atoms with E-state index in [9.17, 15) is 13.5 Å². The third-order valence-corrected chi connectivity index (χ3v) is 5.66. The van der Waals surface area contributed by atoms with Crippen LogP contribution < -0.4 is 0 Å². The van der Waals surface area contributed by atoms with Gasteiger partial charge in [-0.3, -0.25) is 4.90 Å². The average Bonchev–Trinajstić information content (AvgIpc) is 2.62. The maximum absolute atomic E-state index is 12.4. The van der Waals surface area contributed by atoms with E-state index >= 15 is 0 Å². The van der Waals surface area contributed by atoms with Gasteiger partial charge in [-0.05, 0) is 55.8 Å². The molecule has 0 radical (unpaired) electrons. The molecule has 2 heterocycles.